The smallest absolute Gasteiger partial charge is 0.334 e. The van der Waals surface area contributed by atoms with Crippen LogP contribution in [0, 0.1) is 0 Å². The Morgan fingerprint density at radius 1 is 0.892 bits per heavy atom. The molecule has 0 N–H and O–H groups in total. The molecule has 5 nitrogen and oxygen atoms in total. The first-order valence-corrected chi connectivity index (χ1v) is 12.3. The fourth-order valence-electron chi connectivity index (χ4n) is 4.77. The Morgan fingerprint density at radius 2 is 1.65 bits per heavy atom. The topological polar surface area (TPSA) is 59.2 Å². The SMILES string of the molecule is O=CCCCN1CCc2ccc(-c3noc(-c4ccc(-c5ccccc5)c(C(F)(F)F)c4)n3)cc2CC1. The van der Waals surface area contributed by atoms with E-state index in [9.17, 15) is 18.0 Å². The van der Waals surface area contributed by atoms with Crippen LogP contribution in [0.4, 0.5) is 13.2 Å². The van der Waals surface area contributed by atoms with Crippen molar-refractivity contribution in [1.29, 1.82) is 0 Å². The number of carbonyl (C=O) groups is 1. The average molecular weight is 506 g/mol. The van der Waals surface area contributed by atoms with Crippen molar-refractivity contribution in [3.8, 4) is 34.0 Å². The monoisotopic (exact) mass is 505 g/mol. The van der Waals surface area contributed by atoms with Crippen LogP contribution >= 0.6 is 0 Å². The third kappa shape index (κ3) is 5.64. The minimum absolute atomic E-state index is 0.0383. The third-order valence-corrected chi connectivity index (χ3v) is 6.74. The van der Waals surface area contributed by atoms with Crippen LogP contribution in [0.25, 0.3) is 34.0 Å². The highest BCUT2D eigenvalue weighted by atomic mass is 19.4. The van der Waals surface area contributed by atoms with Gasteiger partial charge in [0.2, 0.25) is 5.82 Å². The summed E-state index contributed by atoms with van der Waals surface area (Å²) in [5.41, 5.74) is 3.28. The van der Waals surface area contributed by atoms with Gasteiger partial charge >= 0.3 is 6.18 Å². The van der Waals surface area contributed by atoms with Gasteiger partial charge in [0, 0.05) is 30.6 Å². The molecule has 0 bridgehead atoms. The molecule has 0 atom stereocenters. The van der Waals surface area contributed by atoms with Crippen molar-refractivity contribution in [2.45, 2.75) is 31.9 Å². The van der Waals surface area contributed by atoms with Crippen LogP contribution in [0.2, 0.25) is 0 Å². The number of fused-ring (bicyclic) bond motifs is 1. The molecule has 8 heteroatoms. The molecule has 1 aromatic heterocycles. The van der Waals surface area contributed by atoms with Crippen LogP contribution in [0.15, 0.2) is 71.3 Å². The zero-order chi connectivity index (χ0) is 25.8. The maximum absolute atomic E-state index is 13.9. The molecule has 0 aliphatic carbocycles. The highest BCUT2D eigenvalue weighted by Crippen LogP contribution is 2.39. The second-order valence-corrected chi connectivity index (χ2v) is 9.18. The Balaban J connectivity index is 1.39. The van der Waals surface area contributed by atoms with E-state index in [1.54, 1.807) is 36.4 Å². The molecule has 1 aliphatic heterocycles. The summed E-state index contributed by atoms with van der Waals surface area (Å²) in [5, 5.41) is 4.06. The van der Waals surface area contributed by atoms with Gasteiger partial charge in [-0.15, -0.1) is 0 Å². The predicted molar refractivity (Wildman–Crippen MR) is 135 cm³/mol. The molecular formula is C29H26F3N3O2. The van der Waals surface area contributed by atoms with E-state index in [1.165, 1.54) is 17.2 Å². The van der Waals surface area contributed by atoms with E-state index < -0.39 is 11.7 Å². The highest BCUT2D eigenvalue weighted by molar-refractivity contribution is 5.72. The molecule has 0 spiro atoms. The van der Waals surface area contributed by atoms with Gasteiger partial charge in [-0.1, -0.05) is 53.7 Å². The van der Waals surface area contributed by atoms with Gasteiger partial charge < -0.3 is 14.2 Å². The number of benzene rings is 3. The van der Waals surface area contributed by atoms with Gasteiger partial charge in [-0.2, -0.15) is 18.2 Å². The molecule has 2 heterocycles. The van der Waals surface area contributed by atoms with Crippen molar-refractivity contribution in [2.24, 2.45) is 0 Å². The maximum atomic E-state index is 13.9. The third-order valence-electron chi connectivity index (χ3n) is 6.74. The molecule has 0 radical (unpaired) electrons. The summed E-state index contributed by atoms with van der Waals surface area (Å²) < 4.78 is 47.2. The molecule has 37 heavy (non-hydrogen) atoms. The van der Waals surface area contributed by atoms with E-state index in [2.05, 4.69) is 21.1 Å². The van der Waals surface area contributed by atoms with Crippen LogP contribution in [0.5, 0.6) is 0 Å². The van der Waals surface area contributed by atoms with E-state index in [-0.39, 0.29) is 17.0 Å². The lowest BCUT2D eigenvalue weighted by Gasteiger charge is -2.18. The summed E-state index contributed by atoms with van der Waals surface area (Å²) in [5.74, 6) is 0.377. The quantitative estimate of drug-likeness (QED) is 0.213. The largest absolute Gasteiger partial charge is 0.417 e. The van der Waals surface area contributed by atoms with Gasteiger partial charge in [0.15, 0.2) is 0 Å². The summed E-state index contributed by atoms with van der Waals surface area (Å²) in [6.45, 7) is 2.75. The molecule has 5 rings (SSSR count). The summed E-state index contributed by atoms with van der Waals surface area (Å²) in [6, 6.07) is 18.6. The van der Waals surface area contributed by atoms with Crippen molar-refractivity contribution in [3.63, 3.8) is 0 Å². The van der Waals surface area contributed by atoms with Gasteiger partial charge in [-0.3, -0.25) is 0 Å². The summed E-state index contributed by atoms with van der Waals surface area (Å²) in [7, 11) is 0. The number of hydrogen-bond donors (Lipinski definition) is 0. The van der Waals surface area contributed by atoms with Crippen LogP contribution in [-0.2, 0) is 23.8 Å². The molecule has 3 aromatic carbocycles. The standard InChI is InChI=1S/C29H26F3N3O2/c30-29(31,32)26-19-24(10-11-25(26)21-6-2-1-3-7-21)28-33-27(34-37-28)23-9-8-20-12-15-35(14-4-5-17-36)16-13-22(20)18-23/h1-3,6-11,17-19H,4-5,12-16H2. The Labute approximate surface area is 212 Å². The second kappa shape index (κ2) is 10.7. The van der Waals surface area contributed by atoms with Crippen LogP contribution in [0.3, 0.4) is 0 Å². The van der Waals surface area contributed by atoms with Gasteiger partial charge in [-0.25, -0.2) is 0 Å². The minimum Gasteiger partial charge on any atom is -0.334 e. The van der Waals surface area contributed by atoms with E-state index in [4.69, 9.17) is 4.52 Å². The van der Waals surface area contributed by atoms with Crippen LogP contribution in [0.1, 0.15) is 29.5 Å². The molecule has 0 amide bonds. The molecule has 0 unspecified atom stereocenters. The lowest BCUT2D eigenvalue weighted by molar-refractivity contribution is -0.137. The Morgan fingerprint density at radius 3 is 2.41 bits per heavy atom. The second-order valence-electron chi connectivity index (χ2n) is 9.18. The number of nitrogens with zero attached hydrogens (tertiary/aromatic N) is 3. The number of carbonyl (C=O) groups excluding carboxylic acids is 1. The predicted octanol–water partition coefficient (Wildman–Crippen LogP) is 6.47. The Kier molecular flexibility index (Phi) is 7.19. The lowest BCUT2D eigenvalue weighted by atomic mass is 9.97. The van der Waals surface area contributed by atoms with E-state index in [1.807, 2.05) is 12.1 Å². The van der Waals surface area contributed by atoms with Crippen molar-refractivity contribution in [2.75, 3.05) is 19.6 Å². The fraction of sp³-hybridized carbons (Fsp3) is 0.276. The number of rotatable bonds is 7. The number of aldehydes is 1. The van der Waals surface area contributed by atoms with Crippen molar-refractivity contribution >= 4 is 6.29 Å². The summed E-state index contributed by atoms with van der Waals surface area (Å²) in [4.78, 5) is 17.4. The maximum Gasteiger partial charge on any atom is 0.417 e. The Bertz CT molecular complexity index is 1380. The van der Waals surface area contributed by atoms with Gasteiger partial charge in [0.1, 0.15) is 6.29 Å². The van der Waals surface area contributed by atoms with E-state index in [0.717, 1.165) is 56.8 Å². The number of hydrogen-bond acceptors (Lipinski definition) is 5. The van der Waals surface area contributed by atoms with Crippen LogP contribution < -0.4 is 0 Å². The fourth-order valence-corrected chi connectivity index (χ4v) is 4.77. The molecule has 0 saturated carbocycles. The van der Waals surface area contributed by atoms with Crippen molar-refractivity contribution in [1.82, 2.24) is 15.0 Å². The molecular weight excluding hydrogens is 479 g/mol. The molecule has 1 aliphatic rings. The summed E-state index contributed by atoms with van der Waals surface area (Å²) in [6.07, 6.45) is -0.360. The zero-order valence-corrected chi connectivity index (χ0v) is 20.2. The van der Waals surface area contributed by atoms with Gasteiger partial charge in [0.05, 0.1) is 5.56 Å². The normalized spacial score (nSPS) is 14.2. The van der Waals surface area contributed by atoms with E-state index >= 15 is 0 Å². The lowest BCUT2D eigenvalue weighted by Crippen LogP contribution is -2.27. The first-order valence-electron chi connectivity index (χ1n) is 12.3. The van der Waals surface area contributed by atoms with Crippen molar-refractivity contribution < 1.29 is 22.5 Å². The minimum atomic E-state index is -4.54. The first kappa shape index (κ1) is 24.9. The number of halogens is 3. The molecule has 190 valence electrons. The van der Waals surface area contributed by atoms with Gasteiger partial charge in [-0.05, 0) is 66.3 Å². The Hall–Kier alpha value is -3.78. The highest BCUT2D eigenvalue weighted by Gasteiger charge is 2.34. The first-order chi connectivity index (χ1) is 17.9. The van der Waals surface area contributed by atoms with Gasteiger partial charge in [0.25, 0.3) is 5.89 Å². The van der Waals surface area contributed by atoms with Crippen molar-refractivity contribution in [3.05, 3.63) is 83.4 Å². The average Bonchev–Trinajstić information content (AvgIpc) is 3.31. The number of aromatic nitrogens is 2. The zero-order valence-electron chi connectivity index (χ0n) is 20.2. The summed E-state index contributed by atoms with van der Waals surface area (Å²) >= 11 is 0. The molecule has 4 aromatic rings. The number of unbranched alkanes of at least 4 members (excludes halogenated alkanes) is 1. The van der Waals surface area contributed by atoms with Crippen LogP contribution in [-0.4, -0.2) is 41.0 Å². The molecule has 0 fully saturated rings. The number of alkyl halides is 3. The van der Waals surface area contributed by atoms with E-state index in [0.29, 0.717) is 17.8 Å². The molecule has 0 saturated heterocycles.